The van der Waals surface area contributed by atoms with Gasteiger partial charge in [0.25, 0.3) is 0 Å². The summed E-state index contributed by atoms with van der Waals surface area (Å²) in [6.45, 7) is 0. The molecule has 38 heavy (non-hydrogen) atoms. The Morgan fingerprint density at radius 2 is 1.66 bits per heavy atom. The van der Waals surface area contributed by atoms with Gasteiger partial charge in [0.05, 0.1) is 18.2 Å². The van der Waals surface area contributed by atoms with Crippen molar-refractivity contribution in [2.75, 3.05) is 5.32 Å². The molecule has 3 aromatic carbocycles. The molecule has 0 aromatic heterocycles. The quantitative estimate of drug-likeness (QED) is 0.391. The topological polar surface area (TPSA) is 90.5 Å². The SMILES string of the molecule is O=C(NC1CCC(O)CC1)[C@@H]1N[C@@H](c2ccccc2)C2(C(=O)Nc3cc(Cl)ccc32)[C@H]1Cc1ccccc1. The van der Waals surface area contributed by atoms with Gasteiger partial charge in [-0.25, -0.2) is 0 Å². The van der Waals surface area contributed by atoms with E-state index in [9.17, 15) is 14.7 Å². The number of aliphatic hydroxyl groups excluding tert-OH is 1. The summed E-state index contributed by atoms with van der Waals surface area (Å²) >= 11 is 6.33. The van der Waals surface area contributed by atoms with Crippen LogP contribution in [-0.4, -0.2) is 35.1 Å². The molecular weight excluding hydrogens is 498 g/mol. The monoisotopic (exact) mass is 529 g/mol. The van der Waals surface area contributed by atoms with E-state index in [1.807, 2.05) is 60.7 Å². The number of amides is 2. The number of benzene rings is 3. The van der Waals surface area contributed by atoms with E-state index in [1.165, 1.54) is 0 Å². The van der Waals surface area contributed by atoms with Crippen LogP contribution in [0.2, 0.25) is 5.02 Å². The Hall–Kier alpha value is -3.19. The van der Waals surface area contributed by atoms with Gasteiger partial charge in [0.1, 0.15) is 5.41 Å². The second-order valence-corrected chi connectivity index (χ2v) is 11.2. The Bertz CT molecular complexity index is 1330. The number of hydrogen-bond donors (Lipinski definition) is 4. The number of anilines is 1. The normalized spacial score (nSPS) is 30.2. The number of fused-ring (bicyclic) bond motifs is 2. The van der Waals surface area contributed by atoms with Gasteiger partial charge >= 0.3 is 0 Å². The number of nitrogens with one attached hydrogen (secondary N) is 3. The van der Waals surface area contributed by atoms with E-state index in [0.717, 1.165) is 29.5 Å². The average Bonchev–Trinajstić information content (AvgIpc) is 3.41. The second-order valence-electron chi connectivity index (χ2n) is 10.8. The van der Waals surface area contributed by atoms with Crippen molar-refractivity contribution in [3.63, 3.8) is 0 Å². The van der Waals surface area contributed by atoms with Crippen LogP contribution in [0.4, 0.5) is 5.69 Å². The molecule has 4 atom stereocenters. The van der Waals surface area contributed by atoms with Crippen molar-refractivity contribution in [2.24, 2.45) is 5.92 Å². The standard InChI is InChI=1S/C31H32ClN3O3/c32-21-11-16-24-26(18-21)34-30(38)31(24)25(17-19-7-3-1-4-8-19)27(35-28(31)20-9-5-2-6-10-20)29(37)33-22-12-14-23(36)15-13-22/h1-11,16,18,22-23,25,27-28,35-36H,12-15,17H2,(H,33,37)(H,34,38)/t22?,23?,25-,27+,28-,31?/m0/s1. The molecule has 2 aliphatic heterocycles. The van der Waals surface area contributed by atoms with Crippen LogP contribution in [-0.2, 0) is 21.4 Å². The molecule has 196 valence electrons. The maximum absolute atomic E-state index is 14.2. The van der Waals surface area contributed by atoms with Crippen molar-refractivity contribution in [3.05, 3.63) is 101 Å². The minimum Gasteiger partial charge on any atom is -0.393 e. The fraction of sp³-hybridized carbons (Fsp3) is 0.355. The van der Waals surface area contributed by atoms with Gasteiger partial charge in [-0.1, -0.05) is 78.3 Å². The molecule has 1 aliphatic carbocycles. The molecule has 3 aliphatic rings. The third kappa shape index (κ3) is 4.31. The third-order valence-corrected chi connectivity index (χ3v) is 8.83. The first kappa shape index (κ1) is 25.1. The first-order valence-corrected chi connectivity index (χ1v) is 13.8. The molecule has 2 fully saturated rings. The molecule has 1 unspecified atom stereocenters. The van der Waals surface area contributed by atoms with E-state index in [4.69, 9.17) is 11.6 Å². The maximum Gasteiger partial charge on any atom is 0.237 e. The predicted molar refractivity (Wildman–Crippen MR) is 148 cm³/mol. The van der Waals surface area contributed by atoms with Gasteiger partial charge < -0.3 is 15.7 Å². The first-order valence-electron chi connectivity index (χ1n) is 13.4. The van der Waals surface area contributed by atoms with E-state index >= 15 is 0 Å². The Morgan fingerprint density at radius 3 is 2.37 bits per heavy atom. The van der Waals surface area contributed by atoms with Crippen LogP contribution < -0.4 is 16.0 Å². The summed E-state index contributed by atoms with van der Waals surface area (Å²) in [6.07, 6.45) is 3.12. The summed E-state index contributed by atoms with van der Waals surface area (Å²) in [6, 6.07) is 24.5. The Morgan fingerprint density at radius 1 is 0.974 bits per heavy atom. The number of aliphatic hydroxyl groups is 1. The van der Waals surface area contributed by atoms with Crippen molar-refractivity contribution in [1.82, 2.24) is 10.6 Å². The smallest absolute Gasteiger partial charge is 0.237 e. The summed E-state index contributed by atoms with van der Waals surface area (Å²) in [5.74, 6) is -0.569. The lowest BCUT2D eigenvalue weighted by Crippen LogP contribution is -2.51. The number of hydrogen-bond acceptors (Lipinski definition) is 4. The third-order valence-electron chi connectivity index (χ3n) is 8.60. The lowest BCUT2D eigenvalue weighted by molar-refractivity contribution is -0.126. The zero-order valence-corrected chi connectivity index (χ0v) is 21.8. The molecule has 6 rings (SSSR count). The lowest BCUT2D eigenvalue weighted by atomic mass is 9.64. The van der Waals surface area contributed by atoms with Crippen LogP contribution in [0.15, 0.2) is 78.9 Å². The van der Waals surface area contributed by atoms with Gasteiger partial charge in [-0.2, -0.15) is 0 Å². The van der Waals surface area contributed by atoms with Crippen LogP contribution >= 0.6 is 11.6 Å². The van der Waals surface area contributed by atoms with Crippen LogP contribution in [0.1, 0.15) is 48.4 Å². The number of carbonyl (C=O) groups is 2. The molecule has 1 spiro atoms. The van der Waals surface area contributed by atoms with Crippen molar-refractivity contribution in [2.45, 2.75) is 61.7 Å². The van der Waals surface area contributed by atoms with Crippen molar-refractivity contribution in [3.8, 4) is 0 Å². The van der Waals surface area contributed by atoms with Crippen LogP contribution in [0.5, 0.6) is 0 Å². The van der Waals surface area contributed by atoms with Gasteiger partial charge in [-0.05, 0) is 60.9 Å². The van der Waals surface area contributed by atoms with Gasteiger partial charge in [-0.15, -0.1) is 0 Å². The van der Waals surface area contributed by atoms with E-state index in [2.05, 4.69) is 28.1 Å². The van der Waals surface area contributed by atoms with Gasteiger partial charge in [0.2, 0.25) is 11.8 Å². The van der Waals surface area contributed by atoms with Crippen molar-refractivity contribution >= 4 is 29.1 Å². The molecule has 2 heterocycles. The van der Waals surface area contributed by atoms with E-state index in [-0.39, 0.29) is 29.9 Å². The second kappa shape index (κ2) is 10.2. The fourth-order valence-corrected chi connectivity index (χ4v) is 6.98. The summed E-state index contributed by atoms with van der Waals surface area (Å²) < 4.78 is 0. The number of rotatable bonds is 5. The molecule has 0 radical (unpaired) electrons. The molecule has 2 amide bonds. The summed E-state index contributed by atoms with van der Waals surface area (Å²) in [4.78, 5) is 28.2. The lowest BCUT2D eigenvalue weighted by Gasteiger charge is -2.35. The van der Waals surface area contributed by atoms with E-state index < -0.39 is 17.5 Å². The maximum atomic E-state index is 14.2. The highest BCUT2D eigenvalue weighted by atomic mass is 35.5. The molecular formula is C31H32ClN3O3. The van der Waals surface area contributed by atoms with Gasteiger partial charge in [0, 0.05) is 22.7 Å². The zero-order valence-electron chi connectivity index (χ0n) is 21.1. The van der Waals surface area contributed by atoms with Crippen LogP contribution in [0.25, 0.3) is 0 Å². The average molecular weight is 530 g/mol. The minimum atomic E-state index is -1.01. The molecule has 0 bridgehead atoms. The highest BCUT2D eigenvalue weighted by Gasteiger charge is 2.65. The molecule has 1 saturated heterocycles. The van der Waals surface area contributed by atoms with Crippen molar-refractivity contribution < 1.29 is 14.7 Å². The summed E-state index contributed by atoms with van der Waals surface area (Å²) in [5.41, 5.74) is 2.58. The summed E-state index contributed by atoms with van der Waals surface area (Å²) in [5, 5.41) is 20.5. The molecule has 7 heteroatoms. The number of carbonyl (C=O) groups excluding carboxylic acids is 2. The largest absolute Gasteiger partial charge is 0.393 e. The Balaban J connectivity index is 1.47. The van der Waals surface area contributed by atoms with E-state index in [0.29, 0.717) is 30.0 Å². The zero-order chi connectivity index (χ0) is 26.3. The number of halogens is 1. The Labute approximate surface area is 227 Å². The van der Waals surface area contributed by atoms with Crippen LogP contribution in [0.3, 0.4) is 0 Å². The molecule has 1 saturated carbocycles. The fourth-order valence-electron chi connectivity index (χ4n) is 6.81. The van der Waals surface area contributed by atoms with Crippen LogP contribution in [0, 0.1) is 5.92 Å². The van der Waals surface area contributed by atoms with E-state index in [1.54, 1.807) is 6.07 Å². The van der Waals surface area contributed by atoms with Gasteiger partial charge in [0.15, 0.2) is 0 Å². The molecule has 3 aromatic rings. The minimum absolute atomic E-state index is 0.0142. The molecule has 4 N–H and O–H groups in total. The highest BCUT2D eigenvalue weighted by Crippen LogP contribution is 2.56. The Kier molecular flexibility index (Phi) is 6.72. The van der Waals surface area contributed by atoms with Crippen molar-refractivity contribution in [1.29, 1.82) is 0 Å². The van der Waals surface area contributed by atoms with Gasteiger partial charge in [-0.3, -0.25) is 14.9 Å². The first-order chi connectivity index (χ1) is 18.5. The predicted octanol–water partition coefficient (Wildman–Crippen LogP) is 4.52. The highest BCUT2D eigenvalue weighted by molar-refractivity contribution is 6.31. The summed E-state index contributed by atoms with van der Waals surface area (Å²) in [7, 11) is 0. The molecule has 6 nitrogen and oxygen atoms in total.